The maximum atomic E-state index is 14.1. The molecule has 0 saturated carbocycles. The van der Waals surface area contributed by atoms with E-state index >= 15 is 0 Å². The molecule has 0 aliphatic carbocycles. The molecule has 0 aliphatic heterocycles. The largest absolute Gasteiger partial charge is 0.444 e. The summed E-state index contributed by atoms with van der Waals surface area (Å²) in [5.74, 6) is -2.47. The predicted octanol–water partition coefficient (Wildman–Crippen LogP) is 2.85. The van der Waals surface area contributed by atoms with Gasteiger partial charge in [-0.05, 0) is 24.3 Å². The Morgan fingerprint density at radius 3 is 2.79 bits per heavy atom. The van der Waals surface area contributed by atoms with Crippen LogP contribution in [0.25, 0.3) is 11.0 Å². The fourth-order valence-electron chi connectivity index (χ4n) is 2.30. The molecule has 0 saturated heterocycles. The fourth-order valence-corrected chi connectivity index (χ4v) is 2.63. The summed E-state index contributed by atoms with van der Waals surface area (Å²) in [6.07, 6.45) is 1.51. The number of nitrogens with zero attached hydrogens (tertiary/aromatic N) is 1. The van der Waals surface area contributed by atoms with Gasteiger partial charge in [0.25, 0.3) is 5.91 Å². The third kappa shape index (κ3) is 3.00. The zero-order chi connectivity index (χ0) is 17.3. The highest BCUT2D eigenvalue weighted by Gasteiger charge is 2.27. The van der Waals surface area contributed by atoms with Crippen LogP contribution in [-0.2, 0) is 9.53 Å². The molecule has 2 heterocycles. The number of carbonyl (C=O) groups excluding carboxylic acids is 2. The molecule has 1 amide bonds. The van der Waals surface area contributed by atoms with Crippen molar-refractivity contribution in [3.05, 3.63) is 64.1 Å². The van der Waals surface area contributed by atoms with Gasteiger partial charge in [-0.15, -0.1) is 0 Å². The number of halogens is 2. The molecule has 0 bridgehead atoms. The third-order valence-corrected chi connectivity index (χ3v) is 3.90. The molecule has 0 fully saturated rings. The SMILES string of the molecule is NC(=O)C(OC(=O)c1ccnc2[nH]ccc12)c1ccc(Br)cc1F. The summed E-state index contributed by atoms with van der Waals surface area (Å²) in [4.78, 5) is 31.0. The number of hydrogen-bond donors (Lipinski definition) is 2. The summed E-state index contributed by atoms with van der Waals surface area (Å²) in [5, 5.41) is 0.530. The third-order valence-electron chi connectivity index (χ3n) is 3.41. The minimum atomic E-state index is -1.53. The minimum Gasteiger partial charge on any atom is -0.444 e. The van der Waals surface area contributed by atoms with Crippen molar-refractivity contribution < 1.29 is 18.7 Å². The molecule has 6 nitrogen and oxygen atoms in total. The Bertz CT molecular complexity index is 941. The number of nitrogens with one attached hydrogen (secondary N) is 1. The van der Waals surface area contributed by atoms with Crippen molar-refractivity contribution in [1.82, 2.24) is 9.97 Å². The topological polar surface area (TPSA) is 98.1 Å². The lowest BCUT2D eigenvalue weighted by molar-refractivity contribution is -0.127. The Hall–Kier alpha value is -2.74. The Morgan fingerprint density at radius 2 is 2.08 bits per heavy atom. The van der Waals surface area contributed by atoms with E-state index in [9.17, 15) is 14.0 Å². The molecule has 0 aliphatic rings. The first-order chi connectivity index (χ1) is 11.5. The van der Waals surface area contributed by atoms with Crippen molar-refractivity contribution in [1.29, 1.82) is 0 Å². The monoisotopic (exact) mass is 391 g/mol. The number of hydrogen-bond acceptors (Lipinski definition) is 4. The summed E-state index contributed by atoms with van der Waals surface area (Å²) >= 11 is 3.12. The number of nitrogens with two attached hydrogens (primary N) is 1. The lowest BCUT2D eigenvalue weighted by Gasteiger charge is -2.16. The number of ether oxygens (including phenoxy) is 1. The highest BCUT2D eigenvalue weighted by atomic mass is 79.9. The van der Waals surface area contributed by atoms with Gasteiger partial charge < -0.3 is 15.5 Å². The van der Waals surface area contributed by atoms with E-state index < -0.39 is 23.8 Å². The quantitative estimate of drug-likeness (QED) is 0.668. The van der Waals surface area contributed by atoms with Crippen molar-refractivity contribution in [3.63, 3.8) is 0 Å². The molecule has 24 heavy (non-hydrogen) atoms. The van der Waals surface area contributed by atoms with Crippen molar-refractivity contribution in [3.8, 4) is 0 Å². The van der Waals surface area contributed by atoms with E-state index in [4.69, 9.17) is 10.5 Å². The Labute approximate surface area is 144 Å². The lowest BCUT2D eigenvalue weighted by atomic mass is 10.1. The first-order valence-electron chi connectivity index (χ1n) is 6.84. The van der Waals surface area contributed by atoms with Crippen LogP contribution in [-0.4, -0.2) is 21.8 Å². The maximum Gasteiger partial charge on any atom is 0.340 e. The number of aromatic amines is 1. The van der Waals surface area contributed by atoms with Gasteiger partial charge in [0.2, 0.25) is 6.10 Å². The number of fused-ring (bicyclic) bond motifs is 1. The Kier molecular flexibility index (Phi) is 4.30. The smallest absolute Gasteiger partial charge is 0.340 e. The molecular formula is C16H11BrFN3O3. The average molecular weight is 392 g/mol. The summed E-state index contributed by atoms with van der Waals surface area (Å²) in [5.41, 5.74) is 5.86. The van der Waals surface area contributed by atoms with Crippen LogP contribution in [0.3, 0.4) is 0 Å². The number of esters is 1. The molecule has 2 aromatic heterocycles. The standard InChI is InChI=1S/C16H11BrFN3O3/c17-8-1-2-11(12(18)7-8)13(14(19)22)24-16(23)10-4-6-21-15-9(10)3-5-20-15/h1-7,13H,(H2,19,22)(H,20,21). The number of amides is 1. The van der Waals surface area contributed by atoms with Gasteiger partial charge in [-0.2, -0.15) is 0 Å². The number of carbonyl (C=O) groups is 2. The maximum absolute atomic E-state index is 14.1. The molecule has 1 atom stereocenters. The van der Waals surface area contributed by atoms with Gasteiger partial charge in [0, 0.05) is 27.8 Å². The second kappa shape index (κ2) is 6.40. The first kappa shape index (κ1) is 16.1. The first-order valence-corrected chi connectivity index (χ1v) is 7.64. The van der Waals surface area contributed by atoms with Crippen LogP contribution in [0.4, 0.5) is 4.39 Å². The molecule has 8 heteroatoms. The van der Waals surface area contributed by atoms with Gasteiger partial charge >= 0.3 is 5.97 Å². The predicted molar refractivity (Wildman–Crippen MR) is 87.5 cm³/mol. The van der Waals surface area contributed by atoms with Crippen LogP contribution in [0, 0.1) is 5.82 Å². The fraction of sp³-hybridized carbons (Fsp3) is 0.0625. The van der Waals surface area contributed by atoms with E-state index in [0.717, 1.165) is 6.07 Å². The Balaban J connectivity index is 1.95. The van der Waals surface area contributed by atoms with Gasteiger partial charge in [0.1, 0.15) is 11.5 Å². The van der Waals surface area contributed by atoms with Crippen molar-refractivity contribution in [2.75, 3.05) is 0 Å². The number of rotatable bonds is 4. The minimum absolute atomic E-state index is 0.113. The summed E-state index contributed by atoms with van der Waals surface area (Å²) in [7, 11) is 0. The molecule has 122 valence electrons. The van der Waals surface area contributed by atoms with Gasteiger partial charge in [-0.1, -0.05) is 22.0 Å². The van der Waals surface area contributed by atoms with E-state index in [-0.39, 0.29) is 11.1 Å². The van der Waals surface area contributed by atoms with Crippen molar-refractivity contribution in [2.45, 2.75) is 6.10 Å². The second-order valence-electron chi connectivity index (χ2n) is 4.95. The molecule has 1 unspecified atom stereocenters. The summed E-state index contributed by atoms with van der Waals surface area (Å²) in [6.45, 7) is 0. The van der Waals surface area contributed by atoms with Gasteiger partial charge in [0.05, 0.1) is 5.56 Å². The molecule has 0 spiro atoms. The zero-order valence-corrected chi connectivity index (χ0v) is 13.7. The molecule has 3 rings (SSSR count). The van der Waals surface area contributed by atoms with Gasteiger partial charge in [-0.25, -0.2) is 14.2 Å². The normalized spacial score (nSPS) is 12.1. The summed E-state index contributed by atoms with van der Waals surface area (Å²) in [6, 6.07) is 7.13. The van der Waals surface area contributed by atoms with E-state index in [0.29, 0.717) is 15.5 Å². The number of benzene rings is 1. The van der Waals surface area contributed by atoms with E-state index in [2.05, 4.69) is 25.9 Å². The lowest BCUT2D eigenvalue weighted by Crippen LogP contribution is -2.27. The van der Waals surface area contributed by atoms with Crippen LogP contribution >= 0.6 is 15.9 Å². The molecule has 1 aromatic carbocycles. The molecule has 3 N–H and O–H groups in total. The molecule has 0 radical (unpaired) electrons. The van der Waals surface area contributed by atoms with Gasteiger partial charge in [0.15, 0.2) is 0 Å². The Morgan fingerprint density at radius 1 is 1.29 bits per heavy atom. The highest BCUT2D eigenvalue weighted by molar-refractivity contribution is 9.10. The van der Waals surface area contributed by atoms with E-state index in [1.807, 2.05) is 0 Å². The van der Waals surface area contributed by atoms with Crippen LogP contribution < -0.4 is 5.73 Å². The molecule has 3 aromatic rings. The van der Waals surface area contributed by atoms with Crippen LogP contribution in [0.2, 0.25) is 0 Å². The highest BCUT2D eigenvalue weighted by Crippen LogP contribution is 2.26. The van der Waals surface area contributed by atoms with Crippen molar-refractivity contribution >= 4 is 38.8 Å². The number of aromatic nitrogens is 2. The number of primary amides is 1. The van der Waals surface area contributed by atoms with Crippen LogP contribution in [0.1, 0.15) is 22.0 Å². The van der Waals surface area contributed by atoms with Crippen molar-refractivity contribution in [2.24, 2.45) is 5.73 Å². The van der Waals surface area contributed by atoms with Crippen LogP contribution in [0.5, 0.6) is 0 Å². The molecular weight excluding hydrogens is 381 g/mol. The van der Waals surface area contributed by atoms with E-state index in [1.165, 1.54) is 24.4 Å². The average Bonchev–Trinajstić information content (AvgIpc) is 3.01. The number of pyridine rings is 1. The summed E-state index contributed by atoms with van der Waals surface area (Å²) < 4.78 is 19.7. The van der Waals surface area contributed by atoms with E-state index in [1.54, 1.807) is 12.3 Å². The second-order valence-corrected chi connectivity index (χ2v) is 5.87. The zero-order valence-electron chi connectivity index (χ0n) is 12.1. The number of H-pyrrole nitrogens is 1. The van der Waals surface area contributed by atoms with Crippen LogP contribution in [0.15, 0.2) is 47.2 Å². The van der Waals surface area contributed by atoms with Gasteiger partial charge in [-0.3, -0.25) is 4.79 Å².